The fraction of sp³-hybridized carbons (Fsp3) is 0. The maximum Gasteiger partial charge on any atom is 0.0651 e. The van der Waals surface area contributed by atoms with Crippen molar-refractivity contribution in [1.82, 2.24) is 9.13 Å². The van der Waals surface area contributed by atoms with Gasteiger partial charge in [-0.3, -0.25) is 0 Å². The van der Waals surface area contributed by atoms with Crippen LogP contribution in [-0.4, -0.2) is 9.13 Å². The Bertz CT molecular complexity index is 2820. The number of para-hydroxylation sites is 3. The third-order valence-corrected chi connectivity index (χ3v) is 6.81. The Hall–Kier alpha value is -5.08. The Morgan fingerprint density at radius 3 is 1.87 bits per heavy atom. The summed E-state index contributed by atoms with van der Waals surface area (Å²) in [6.07, 6.45) is 0. The Balaban J connectivity index is 1.52. The van der Waals surface area contributed by atoms with Crippen LogP contribution in [-0.2, 0) is 0 Å². The molecule has 38 heavy (non-hydrogen) atoms. The Kier molecular flexibility index (Phi) is 2.59. The third kappa shape index (κ3) is 3.07. The SMILES string of the molecule is [2H]c1c([2H])c([2H])c(-c2c([2H])c([2H])c([2H])c(-n3c4ccccc4c4ccc(-n5c6ccccc6c6c([2H])c([2H])c([2H])c([2H])c65)cc43)c2[2H])c([2H])c1[2H]. The lowest BCUT2D eigenvalue weighted by Crippen LogP contribution is -1.97. The van der Waals surface area contributed by atoms with E-state index in [1.54, 1.807) is 45.5 Å². The van der Waals surface area contributed by atoms with Crippen LogP contribution in [0.25, 0.3) is 66.1 Å². The fourth-order valence-electron chi connectivity index (χ4n) is 5.22. The van der Waals surface area contributed by atoms with E-state index in [-0.39, 0.29) is 40.9 Å². The average Bonchev–Trinajstić information content (AvgIpc) is 3.65. The van der Waals surface area contributed by atoms with Gasteiger partial charge in [0.2, 0.25) is 0 Å². The second-order valence-corrected chi connectivity index (χ2v) is 8.85. The van der Waals surface area contributed by atoms with Crippen LogP contribution in [0, 0.1) is 0 Å². The molecular formula is C36H24N2. The molecule has 2 heterocycles. The first-order valence-electron chi connectivity index (χ1n) is 18.5. The van der Waals surface area contributed by atoms with E-state index in [1.807, 2.05) is 30.3 Å². The monoisotopic (exact) mass is 497 g/mol. The van der Waals surface area contributed by atoms with E-state index in [2.05, 4.69) is 0 Å². The normalized spacial score (nSPS) is 16.5. The van der Waals surface area contributed by atoms with Crippen LogP contribution in [0.1, 0.15) is 17.8 Å². The minimum atomic E-state index is -0.654. The van der Waals surface area contributed by atoms with Crippen LogP contribution in [0.3, 0.4) is 0 Å². The smallest absolute Gasteiger partial charge is 0.0651 e. The molecule has 0 radical (unpaired) electrons. The van der Waals surface area contributed by atoms with E-state index in [0.717, 1.165) is 5.39 Å². The second kappa shape index (κ2) is 8.22. The molecule has 0 aliphatic carbocycles. The molecule has 0 N–H and O–H groups in total. The first kappa shape index (κ1) is 12.0. The molecule has 0 spiro atoms. The van der Waals surface area contributed by atoms with Gasteiger partial charge in [0, 0.05) is 32.9 Å². The molecule has 0 atom stereocenters. The van der Waals surface area contributed by atoms with Crippen molar-refractivity contribution in [2.24, 2.45) is 0 Å². The predicted octanol–water partition coefficient (Wildman–Crippen LogP) is 9.55. The maximum atomic E-state index is 9.41. The van der Waals surface area contributed by atoms with E-state index < -0.39 is 59.9 Å². The molecule has 6 aromatic carbocycles. The highest BCUT2D eigenvalue weighted by atomic mass is 15.0. The van der Waals surface area contributed by atoms with E-state index in [4.69, 9.17) is 16.4 Å². The van der Waals surface area contributed by atoms with Crippen molar-refractivity contribution in [3.05, 3.63) is 145 Å². The number of hydrogen-bond acceptors (Lipinski definition) is 0. The van der Waals surface area contributed by atoms with Gasteiger partial charge >= 0.3 is 0 Å². The van der Waals surface area contributed by atoms with E-state index >= 15 is 0 Å². The van der Waals surface area contributed by atoms with E-state index in [0.29, 0.717) is 38.4 Å². The van der Waals surface area contributed by atoms with Gasteiger partial charge in [-0.05, 0) is 53.5 Å². The zero-order chi connectivity index (χ0) is 36.4. The predicted molar refractivity (Wildman–Crippen MR) is 161 cm³/mol. The molecule has 8 rings (SSSR count). The molecule has 0 saturated carbocycles. The molecule has 0 saturated heterocycles. The summed E-state index contributed by atoms with van der Waals surface area (Å²) < 4.78 is 115. The van der Waals surface area contributed by atoms with Gasteiger partial charge in [-0.1, -0.05) is 103 Å². The summed E-state index contributed by atoms with van der Waals surface area (Å²) in [5.41, 5.74) is 1.49. The Labute approximate surface area is 238 Å². The van der Waals surface area contributed by atoms with Crippen molar-refractivity contribution < 1.29 is 17.8 Å². The highest BCUT2D eigenvalue weighted by Crippen LogP contribution is 2.37. The number of aromatic nitrogens is 2. The number of fused-ring (bicyclic) bond motifs is 6. The van der Waals surface area contributed by atoms with E-state index in [9.17, 15) is 1.37 Å². The standard InChI is InChI=1S/C36H24N2/c1-2-11-25(12-3-1)26-13-10-14-27(23-26)38-35-20-9-6-17-31(35)32-22-21-28(24-36(32)38)37-33-18-7-4-15-29(33)30-16-5-8-19-34(30)37/h1-24H/i1D,2D,3D,4D,7D,10D,11D,12D,13D,14D,15D,18D,23D. The second-order valence-electron chi connectivity index (χ2n) is 8.85. The van der Waals surface area contributed by atoms with Crippen molar-refractivity contribution in [1.29, 1.82) is 0 Å². The van der Waals surface area contributed by atoms with Crippen LogP contribution in [0.2, 0.25) is 0 Å². The van der Waals surface area contributed by atoms with Crippen molar-refractivity contribution in [3.63, 3.8) is 0 Å². The number of rotatable bonds is 3. The van der Waals surface area contributed by atoms with Gasteiger partial charge in [0.1, 0.15) is 0 Å². The molecule has 178 valence electrons. The molecule has 0 aliphatic rings. The summed E-state index contributed by atoms with van der Waals surface area (Å²) in [6.45, 7) is 0. The number of hydrogen-bond donors (Lipinski definition) is 0. The summed E-state index contributed by atoms with van der Waals surface area (Å²) in [6, 6.07) is 13.3. The molecule has 2 nitrogen and oxygen atoms in total. The summed E-state index contributed by atoms with van der Waals surface area (Å²) in [5, 5.41) is 2.40. The molecule has 0 aliphatic heterocycles. The maximum absolute atomic E-state index is 9.41. The third-order valence-electron chi connectivity index (χ3n) is 6.81. The first-order valence-corrected chi connectivity index (χ1v) is 12.0. The highest BCUT2D eigenvalue weighted by Gasteiger charge is 2.16. The zero-order valence-electron chi connectivity index (χ0n) is 32.7. The highest BCUT2D eigenvalue weighted by molar-refractivity contribution is 6.12. The molecule has 2 heteroatoms. The van der Waals surface area contributed by atoms with Crippen molar-refractivity contribution in [3.8, 4) is 22.5 Å². The lowest BCUT2D eigenvalue weighted by atomic mass is 10.1. The molecule has 0 bridgehead atoms. The lowest BCUT2D eigenvalue weighted by Gasteiger charge is -2.12. The minimum Gasteiger partial charge on any atom is -0.309 e. The Morgan fingerprint density at radius 1 is 0.421 bits per heavy atom. The molecule has 0 fully saturated rings. The van der Waals surface area contributed by atoms with Gasteiger partial charge in [-0.2, -0.15) is 0 Å². The average molecular weight is 498 g/mol. The lowest BCUT2D eigenvalue weighted by molar-refractivity contribution is 1.15. The van der Waals surface area contributed by atoms with Crippen LogP contribution >= 0.6 is 0 Å². The summed E-state index contributed by atoms with van der Waals surface area (Å²) in [4.78, 5) is 0. The van der Waals surface area contributed by atoms with Crippen molar-refractivity contribution >= 4 is 43.6 Å². The molecule has 0 amide bonds. The van der Waals surface area contributed by atoms with Crippen LogP contribution in [0.15, 0.2) is 145 Å². The van der Waals surface area contributed by atoms with Crippen molar-refractivity contribution in [2.75, 3.05) is 0 Å². The van der Waals surface area contributed by atoms with Gasteiger partial charge in [0.05, 0.1) is 39.9 Å². The quantitative estimate of drug-likeness (QED) is 0.230. The number of nitrogens with zero attached hydrogens (tertiary/aromatic N) is 2. The van der Waals surface area contributed by atoms with Gasteiger partial charge in [-0.25, -0.2) is 0 Å². The topological polar surface area (TPSA) is 9.86 Å². The van der Waals surface area contributed by atoms with E-state index in [1.165, 1.54) is 0 Å². The van der Waals surface area contributed by atoms with Gasteiger partial charge in [0.15, 0.2) is 0 Å². The summed E-state index contributed by atoms with van der Waals surface area (Å²) in [5.74, 6) is 0. The van der Waals surface area contributed by atoms with Crippen LogP contribution in [0.5, 0.6) is 0 Å². The summed E-state index contributed by atoms with van der Waals surface area (Å²) in [7, 11) is 0. The Morgan fingerprint density at radius 2 is 1.05 bits per heavy atom. The van der Waals surface area contributed by atoms with Crippen LogP contribution in [0.4, 0.5) is 0 Å². The van der Waals surface area contributed by atoms with Crippen LogP contribution < -0.4 is 0 Å². The van der Waals surface area contributed by atoms with Crippen molar-refractivity contribution in [2.45, 2.75) is 0 Å². The van der Waals surface area contributed by atoms with Gasteiger partial charge in [0.25, 0.3) is 0 Å². The first-order chi connectivity index (χ1) is 24.3. The minimum absolute atomic E-state index is 0.134. The largest absolute Gasteiger partial charge is 0.309 e. The molecular weight excluding hydrogens is 460 g/mol. The number of benzene rings is 6. The summed E-state index contributed by atoms with van der Waals surface area (Å²) >= 11 is 0. The van der Waals surface area contributed by atoms with Gasteiger partial charge < -0.3 is 9.13 Å². The zero-order valence-corrected chi connectivity index (χ0v) is 19.7. The fourth-order valence-corrected chi connectivity index (χ4v) is 5.22. The molecule has 0 unspecified atom stereocenters. The molecule has 8 aromatic rings. The molecule has 2 aromatic heterocycles. The van der Waals surface area contributed by atoms with Gasteiger partial charge in [-0.15, -0.1) is 0 Å².